The van der Waals surface area contributed by atoms with Gasteiger partial charge in [0.15, 0.2) is 0 Å². The van der Waals surface area contributed by atoms with Gasteiger partial charge in [-0.15, -0.1) is 0 Å². The number of phenols is 1. The van der Waals surface area contributed by atoms with E-state index in [0.29, 0.717) is 5.69 Å². The summed E-state index contributed by atoms with van der Waals surface area (Å²) < 4.78 is 13.2. The summed E-state index contributed by atoms with van der Waals surface area (Å²) in [5.41, 5.74) is 1.37. The highest BCUT2D eigenvalue weighted by Gasteiger charge is 2.28. The Morgan fingerprint density at radius 2 is 1.71 bits per heavy atom. The number of anilines is 1. The quantitative estimate of drug-likeness (QED) is 0.752. The van der Waals surface area contributed by atoms with Crippen molar-refractivity contribution in [3.8, 4) is 5.75 Å². The molecule has 1 unspecified atom stereocenters. The lowest BCUT2D eigenvalue weighted by atomic mass is 10.0. The fourth-order valence-corrected chi connectivity index (χ4v) is 2.87. The van der Waals surface area contributed by atoms with Crippen molar-refractivity contribution >= 4 is 11.6 Å². The second-order valence-electron chi connectivity index (χ2n) is 5.78. The van der Waals surface area contributed by atoms with E-state index in [-0.39, 0.29) is 17.5 Å². The maximum atomic E-state index is 13.2. The van der Waals surface area contributed by atoms with Crippen LogP contribution in [0.4, 0.5) is 10.1 Å². The van der Waals surface area contributed by atoms with Crippen LogP contribution >= 0.6 is 0 Å². The predicted octanol–water partition coefficient (Wildman–Crippen LogP) is 2.12. The van der Waals surface area contributed by atoms with Crippen LogP contribution in [-0.2, 0) is 4.79 Å². The fourth-order valence-electron chi connectivity index (χ4n) is 2.87. The van der Waals surface area contributed by atoms with E-state index in [9.17, 15) is 14.3 Å². The molecular formula is C18H20FN3O2. The molecule has 1 aliphatic rings. The molecule has 1 amide bonds. The van der Waals surface area contributed by atoms with Crippen LogP contribution in [0.25, 0.3) is 0 Å². The van der Waals surface area contributed by atoms with Crippen LogP contribution in [0.3, 0.4) is 0 Å². The van der Waals surface area contributed by atoms with Crippen molar-refractivity contribution in [2.45, 2.75) is 6.04 Å². The van der Waals surface area contributed by atoms with E-state index in [1.807, 2.05) is 0 Å². The molecule has 5 nitrogen and oxygen atoms in total. The van der Waals surface area contributed by atoms with E-state index in [4.69, 9.17) is 0 Å². The van der Waals surface area contributed by atoms with E-state index in [1.165, 1.54) is 24.3 Å². The summed E-state index contributed by atoms with van der Waals surface area (Å²) in [6, 6.07) is 11.9. The van der Waals surface area contributed by atoms with Gasteiger partial charge in [0.25, 0.3) is 0 Å². The lowest BCUT2D eigenvalue weighted by Gasteiger charge is -2.34. The molecule has 6 heteroatoms. The average molecular weight is 329 g/mol. The number of nitrogens with one attached hydrogen (secondary N) is 2. The number of carbonyl (C=O) groups excluding carboxylic acids is 1. The van der Waals surface area contributed by atoms with Crippen molar-refractivity contribution in [2.75, 3.05) is 31.5 Å². The summed E-state index contributed by atoms with van der Waals surface area (Å²) in [6.07, 6.45) is 0. The van der Waals surface area contributed by atoms with Gasteiger partial charge in [0.2, 0.25) is 5.91 Å². The number of hydrogen-bond acceptors (Lipinski definition) is 4. The van der Waals surface area contributed by atoms with Crippen LogP contribution in [0.5, 0.6) is 5.75 Å². The Kier molecular flexibility index (Phi) is 5.08. The first-order valence-electron chi connectivity index (χ1n) is 7.93. The topological polar surface area (TPSA) is 64.6 Å². The summed E-state index contributed by atoms with van der Waals surface area (Å²) in [4.78, 5) is 14.9. The molecule has 1 aliphatic heterocycles. The molecular weight excluding hydrogens is 309 g/mol. The molecule has 0 bridgehead atoms. The largest absolute Gasteiger partial charge is 0.508 e. The number of phenolic OH excluding ortho intramolecular Hbond substituents is 1. The van der Waals surface area contributed by atoms with Gasteiger partial charge in [0.1, 0.15) is 17.6 Å². The molecule has 1 heterocycles. The van der Waals surface area contributed by atoms with Crippen molar-refractivity contribution in [2.24, 2.45) is 0 Å². The summed E-state index contributed by atoms with van der Waals surface area (Å²) >= 11 is 0. The second kappa shape index (κ2) is 7.42. The molecule has 1 saturated heterocycles. The van der Waals surface area contributed by atoms with Crippen LogP contribution in [0.1, 0.15) is 11.6 Å². The van der Waals surface area contributed by atoms with E-state index in [1.54, 1.807) is 24.3 Å². The lowest BCUT2D eigenvalue weighted by Crippen LogP contribution is -2.48. The monoisotopic (exact) mass is 329 g/mol. The highest BCUT2D eigenvalue weighted by molar-refractivity contribution is 5.95. The van der Waals surface area contributed by atoms with Crippen LogP contribution in [0.15, 0.2) is 48.5 Å². The number of rotatable bonds is 4. The molecule has 0 aromatic heterocycles. The number of piperazine rings is 1. The van der Waals surface area contributed by atoms with Crippen LogP contribution in [-0.4, -0.2) is 42.1 Å². The minimum Gasteiger partial charge on any atom is -0.508 e. The van der Waals surface area contributed by atoms with E-state index in [0.717, 1.165) is 31.7 Å². The van der Waals surface area contributed by atoms with Gasteiger partial charge in [-0.25, -0.2) is 4.39 Å². The predicted molar refractivity (Wildman–Crippen MR) is 90.3 cm³/mol. The molecule has 2 aromatic carbocycles. The van der Waals surface area contributed by atoms with Crippen molar-refractivity contribution in [1.29, 1.82) is 0 Å². The highest BCUT2D eigenvalue weighted by atomic mass is 19.1. The van der Waals surface area contributed by atoms with Gasteiger partial charge in [0, 0.05) is 31.9 Å². The third kappa shape index (κ3) is 3.90. The van der Waals surface area contributed by atoms with Gasteiger partial charge in [-0.05, 0) is 42.0 Å². The van der Waals surface area contributed by atoms with Crippen molar-refractivity contribution in [3.63, 3.8) is 0 Å². The van der Waals surface area contributed by atoms with Gasteiger partial charge in [-0.1, -0.05) is 12.1 Å². The minimum absolute atomic E-state index is 0.144. The molecule has 24 heavy (non-hydrogen) atoms. The Hall–Kier alpha value is -2.44. The minimum atomic E-state index is -0.485. The van der Waals surface area contributed by atoms with E-state index < -0.39 is 6.04 Å². The molecule has 3 N–H and O–H groups in total. The molecule has 1 atom stereocenters. The van der Waals surface area contributed by atoms with Crippen molar-refractivity contribution < 1.29 is 14.3 Å². The lowest BCUT2D eigenvalue weighted by molar-refractivity contribution is -0.121. The third-order valence-corrected chi connectivity index (χ3v) is 4.09. The Bertz CT molecular complexity index is 682. The molecule has 0 radical (unpaired) electrons. The fraction of sp³-hybridized carbons (Fsp3) is 0.278. The molecule has 3 rings (SSSR count). The van der Waals surface area contributed by atoms with Crippen molar-refractivity contribution in [1.82, 2.24) is 10.2 Å². The number of amides is 1. The molecule has 0 saturated carbocycles. The molecule has 2 aromatic rings. The molecule has 0 spiro atoms. The Morgan fingerprint density at radius 1 is 1.08 bits per heavy atom. The van der Waals surface area contributed by atoms with Gasteiger partial charge < -0.3 is 15.7 Å². The molecule has 1 fully saturated rings. The third-order valence-electron chi connectivity index (χ3n) is 4.09. The highest BCUT2D eigenvalue weighted by Crippen LogP contribution is 2.24. The van der Waals surface area contributed by atoms with Crippen LogP contribution in [0.2, 0.25) is 0 Å². The zero-order valence-electron chi connectivity index (χ0n) is 13.2. The van der Waals surface area contributed by atoms with Crippen molar-refractivity contribution in [3.05, 3.63) is 59.9 Å². The Balaban J connectivity index is 1.83. The first-order valence-corrected chi connectivity index (χ1v) is 7.93. The van der Waals surface area contributed by atoms with E-state index in [2.05, 4.69) is 15.5 Å². The summed E-state index contributed by atoms with van der Waals surface area (Å²) in [7, 11) is 0. The smallest absolute Gasteiger partial charge is 0.246 e. The van der Waals surface area contributed by atoms with Crippen LogP contribution in [0, 0.1) is 5.82 Å². The number of nitrogens with zero attached hydrogens (tertiary/aromatic N) is 1. The number of aromatic hydroxyl groups is 1. The first kappa shape index (κ1) is 16.4. The first-order chi connectivity index (χ1) is 11.6. The number of hydrogen-bond donors (Lipinski definition) is 3. The van der Waals surface area contributed by atoms with Gasteiger partial charge in [-0.3, -0.25) is 9.69 Å². The van der Waals surface area contributed by atoms with Gasteiger partial charge in [0.05, 0.1) is 0 Å². The molecule has 0 aliphatic carbocycles. The summed E-state index contributed by atoms with van der Waals surface area (Å²) in [5.74, 6) is -0.351. The van der Waals surface area contributed by atoms with Gasteiger partial charge in [-0.2, -0.15) is 0 Å². The Morgan fingerprint density at radius 3 is 2.33 bits per heavy atom. The molecule has 126 valence electrons. The standard InChI is InChI=1S/C18H20FN3O2/c19-14-3-1-13(2-4-14)17(22-11-9-20-10-12-22)18(24)21-15-5-7-16(23)8-6-15/h1-8,17,20,23H,9-12H2,(H,21,24). The second-order valence-corrected chi connectivity index (χ2v) is 5.78. The maximum Gasteiger partial charge on any atom is 0.246 e. The van der Waals surface area contributed by atoms with Gasteiger partial charge >= 0.3 is 0 Å². The zero-order valence-corrected chi connectivity index (χ0v) is 13.2. The number of halogens is 1. The zero-order chi connectivity index (χ0) is 16.9. The number of carbonyl (C=O) groups is 1. The average Bonchev–Trinajstić information content (AvgIpc) is 2.60. The van der Waals surface area contributed by atoms with E-state index >= 15 is 0 Å². The van der Waals surface area contributed by atoms with Crippen LogP contribution < -0.4 is 10.6 Å². The maximum absolute atomic E-state index is 13.2. The SMILES string of the molecule is O=C(Nc1ccc(O)cc1)C(c1ccc(F)cc1)N1CCNCC1. The Labute approximate surface area is 140 Å². The summed E-state index contributed by atoms with van der Waals surface area (Å²) in [5, 5.41) is 15.5. The number of benzene rings is 2. The summed E-state index contributed by atoms with van der Waals surface area (Å²) in [6.45, 7) is 3.10. The normalized spacial score (nSPS) is 16.5.